The molecule has 0 N–H and O–H groups in total. The molecule has 0 spiro atoms. The number of halogens is 1. The van der Waals surface area contributed by atoms with Gasteiger partial charge in [0.1, 0.15) is 4.95 Å². The number of alkyl halides is 1. The van der Waals surface area contributed by atoms with Gasteiger partial charge in [0.25, 0.3) is 11.8 Å². The van der Waals surface area contributed by atoms with Crippen molar-refractivity contribution in [2.24, 2.45) is 0 Å². The highest BCUT2D eigenvalue weighted by atomic mass is 79.9. The Morgan fingerprint density at radius 3 is 2.22 bits per heavy atom. The Labute approximate surface area is 112 Å². The number of rotatable bonds is 3. The van der Waals surface area contributed by atoms with Crippen LogP contribution in [0, 0.1) is 0 Å². The fourth-order valence-electron chi connectivity index (χ4n) is 1.77. The van der Waals surface area contributed by atoms with Gasteiger partial charge in [-0.2, -0.15) is 0 Å². The maximum absolute atomic E-state index is 12.0. The smallest absolute Gasteiger partial charge is 0.308 e. The molecule has 94 valence electrons. The lowest BCUT2D eigenvalue weighted by molar-refractivity contribution is -0.140. The normalized spacial score (nSPS) is 15.6. The molecule has 18 heavy (non-hydrogen) atoms. The highest BCUT2D eigenvalue weighted by Gasteiger charge is 2.39. The van der Waals surface area contributed by atoms with E-state index in [2.05, 4.69) is 20.7 Å². The summed E-state index contributed by atoms with van der Waals surface area (Å²) in [6, 6.07) is 6.56. The highest BCUT2D eigenvalue weighted by Crippen LogP contribution is 2.27. The van der Waals surface area contributed by atoms with Crippen molar-refractivity contribution in [1.82, 2.24) is 4.90 Å². The van der Waals surface area contributed by atoms with Crippen LogP contribution in [0.4, 0.5) is 0 Å². The van der Waals surface area contributed by atoms with Gasteiger partial charge in [-0.15, -0.1) is 0 Å². The SMILES string of the molecule is COC(=O)CC(Br)N1C(=O)c2ccccc2C1=O. The summed E-state index contributed by atoms with van der Waals surface area (Å²) >= 11 is 3.17. The largest absolute Gasteiger partial charge is 0.469 e. The van der Waals surface area contributed by atoms with Crippen LogP contribution in [0.1, 0.15) is 27.1 Å². The Balaban J connectivity index is 2.25. The van der Waals surface area contributed by atoms with Gasteiger partial charge >= 0.3 is 5.97 Å². The van der Waals surface area contributed by atoms with Crippen LogP contribution in [0.3, 0.4) is 0 Å². The number of methoxy groups -OCH3 is 1. The predicted octanol–water partition coefficient (Wildman–Crippen LogP) is 1.57. The second-order valence-corrected chi connectivity index (χ2v) is 4.80. The van der Waals surface area contributed by atoms with Crippen LogP contribution in [-0.2, 0) is 9.53 Å². The molecular formula is C12H10BrNO4. The highest BCUT2D eigenvalue weighted by molar-refractivity contribution is 9.09. The fraction of sp³-hybridized carbons (Fsp3) is 0.250. The van der Waals surface area contributed by atoms with Crippen LogP contribution < -0.4 is 0 Å². The molecule has 0 saturated heterocycles. The summed E-state index contributed by atoms with van der Waals surface area (Å²) in [7, 11) is 1.25. The minimum absolute atomic E-state index is 0.0814. The van der Waals surface area contributed by atoms with Gasteiger partial charge in [0.05, 0.1) is 24.7 Å². The molecule has 1 aromatic rings. The molecule has 0 saturated carbocycles. The van der Waals surface area contributed by atoms with E-state index < -0.39 is 22.7 Å². The monoisotopic (exact) mass is 311 g/mol. The zero-order chi connectivity index (χ0) is 13.3. The number of nitrogens with zero attached hydrogens (tertiary/aromatic N) is 1. The summed E-state index contributed by atoms with van der Waals surface area (Å²) in [6.45, 7) is 0. The van der Waals surface area contributed by atoms with Crippen molar-refractivity contribution in [3.05, 3.63) is 35.4 Å². The third-order valence-electron chi connectivity index (χ3n) is 2.67. The second-order valence-electron chi connectivity index (χ2n) is 3.74. The van der Waals surface area contributed by atoms with Gasteiger partial charge in [0.2, 0.25) is 0 Å². The standard InChI is InChI=1S/C12H10BrNO4/c1-18-10(15)6-9(13)14-11(16)7-4-2-3-5-8(7)12(14)17/h2-5,9H,6H2,1H3. The van der Waals surface area contributed by atoms with E-state index in [1.54, 1.807) is 24.3 Å². The Kier molecular flexibility index (Phi) is 3.47. The Morgan fingerprint density at radius 1 is 1.28 bits per heavy atom. The third-order valence-corrected chi connectivity index (χ3v) is 3.40. The van der Waals surface area contributed by atoms with E-state index in [9.17, 15) is 14.4 Å². The maximum atomic E-state index is 12.0. The third kappa shape index (κ3) is 2.03. The average molecular weight is 312 g/mol. The summed E-state index contributed by atoms with van der Waals surface area (Å²) in [4.78, 5) is 35.6. The van der Waals surface area contributed by atoms with Gasteiger partial charge in [-0.25, -0.2) is 0 Å². The molecule has 0 radical (unpaired) electrons. The molecular weight excluding hydrogens is 302 g/mol. The number of ether oxygens (including phenoxy) is 1. The van der Waals surface area contributed by atoms with E-state index >= 15 is 0 Å². The van der Waals surface area contributed by atoms with E-state index in [4.69, 9.17) is 0 Å². The molecule has 1 unspecified atom stereocenters. The van der Waals surface area contributed by atoms with Gasteiger partial charge in [-0.1, -0.05) is 28.1 Å². The number of hydrogen-bond acceptors (Lipinski definition) is 4. The van der Waals surface area contributed by atoms with E-state index in [-0.39, 0.29) is 6.42 Å². The molecule has 0 bridgehead atoms. The molecule has 1 aliphatic rings. The quantitative estimate of drug-likeness (QED) is 0.368. The van der Waals surface area contributed by atoms with Crippen LogP contribution in [0.2, 0.25) is 0 Å². The molecule has 0 fully saturated rings. The number of carbonyl (C=O) groups is 3. The minimum Gasteiger partial charge on any atom is -0.469 e. The van der Waals surface area contributed by atoms with Crippen molar-refractivity contribution in [2.75, 3.05) is 7.11 Å². The molecule has 1 heterocycles. The average Bonchev–Trinajstić information content (AvgIpc) is 2.62. The van der Waals surface area contributed by atoms with E-state index in [0.29, 0.717) is 11.1 Å². The maximum Gasteiger partial charge on any atom is 0.308 e. The number of esters is 1. The molecule has 2 rings (SSSR count). The Bertz CT molecular complexity index is 494. The van der Waals surface area contributed by atoms with Crippen LogP contribution in [0.25, 0.3) is 0 Å². The lowest BCUT2D eigenvalue weighted by Gasteiger charge is -2.19. The topological polar surface area (TPSA) is 63.7 Å². The first kappa shape index (κ1) is 12.8. The fourth-order valence-corrected chi connectivity index (χ4v) is 2.41. The molecule has 0 aromatic heterocycles. The first-order valence-electron chi connectivity index (χ1n) is 5.24. The van der Waals surface area contributed by atoms with Crippen molar-refractivity contribution in [1.29, 1.82) is 0 Å². The first-order valence-corrected chi connectivity index (χ1v) is 6.15. The van der Waals surface area contributed by atoms with Crippen molar-refractivity contribution in [3.63, 3.8) is 0 Å². The predicted molar refractivity (Wildman–Crippen MR) is 66.3 cm³/mol. The molecule has 2 amide bonds. The number of imide groups is 1. The first-order chi connectivity index (χ1) is 8.56. The van der Waals surface area contributed by atoms with Crippen LogP contribution in [0.15, 0.2) is 24.3 Å². The Morgan fingerprint density at radius 2 is 1.78 bits per heavy atom. The number of fused-ring (bicyclic) bond motifs is 1. The lowest BCUT2D eigenvalue weighted by Crippen LogP contribution is -2.37. The zero-order valence-electron chi connectivity index (χ0n) is 9.55. The summed E-state index contributed by atoms with van der Waals surface area (Å²) in [5.74, 6) is -1.30. The van der Waals surface area contributed by atoms with Crippen molar-refractivity contribution < 1.29 is 19.1 Å². The van der Waals surface area contributed by atoms with Gasteiger partial charge in [-0.05, 0) is 12.1 Å². The van der Waals surface area contributed by atoms with Crippen molar-refractivity contribution >= 4 is 33.7 Å². The van der Waals surface area contributed by atoms with Crippen LogP contribution >= 0.6 is 15.9 Å². The summed E-state index contributed by atoms with van der Waals surface area (Å²) in [5, 5.41) is 0. The molecule has 6 heteroatoms. The van der Waals surface area contributed by atoms with Gasteiger partial charge < -0.3 is 4.74 Å². The minimum atomic E-state index is -0.697. The molecule has 1 atom stereocenters. The summed E-state index contributed by atoms with van der Waals surface area (Å²) in [5.41, 5.74) is 0.716. The lowest BCUT2D eigenvalue weighted by atomic mass is 10.1. The van der Waals surface area contributed by atoms with Gasteiger partial charge in [-0.3, -0.25) is 19.3 Å². The van der Waals surface area contributed by atoms with Gasteiger partial charge in [0.15, 0.2) is 0 Å². The zero-order valence-corrected chi connectivity index (χ0v) is 11.1. The van der Waals surface area contributed by atoms with Gasteiger partial charge in [0, 0.05) is 0 Å². The second kappa shape index (κ2) is 4.89. The molecule has 0 aliphatic carbocycles. The summed E-state index contributed by atoms with van der Waals surface area (Å²) in [6.07, 6.45) is -0.0814. The van der Waals surface area contributed by atoms with Crippen molar-refractivity contribution in [2.45, 2.75) is 11.4 Å². The molecule has 1 aliphatic heterocycles. The molecule has 5 nitrogen and oxygen atoms in total. The Hall–Kier alpha value is -1.69. The number of carbonyl (C=O) groups excluding carboxylic acids is 3. The number of amides is 2. The van der Waals surface area contributed by atoms with E-state index in [1.165, 1.54) is 7.11 Å². The van der Waals surface area contributed by atoms with Crippen molar-refractivity contribution in [3.8, 4) is 0 Å². The van der Waals surface area contributed by atoms with E-state index in [0.717, 1.165) is 4.90 Å². The number of hydrogen-bond donors (Lipinski definition) is 0. The van der Waals surface area contributed by atoms with E-state index in [1.807, 2.05) is 0 Å². The van der Waals surface area contributed by atoms with Crippen LogP contribution in [0.5, 0.6) is 0 Å². The van der Waals surface area contributed by atoms with Crippen LogP contribution in [-0.4, -0.2) is 34.7 Å². The summed E-state index contributed by atoms with van der Waals surface area (Å²) < 4.78 is 4.51. The number of benzene rings is 1. The molecule has 1 aromatic carbocycles.